The number of amides is 1. The molecule has 0 saturated heterocycles. The second kappa shape index (κ2) is 7.65. The molecule has 1 aromatic heterocycles. The van der Waals surface area contributed by atoms with E-state index in [2.05, 4.69) is 31.3 Å². The molecule has 30 heavy (non-hydrogen) atoms. The van der Waals surface area contributed by atoms with Gasteiger partial charge in [0.2, 0.25) is 6.86 Å². The normalized spacial score (nSPS) is 20.2. The van der Waals surface area contributed by atoms with E-state index in [9.17, 15) is 22.4 Å². The van der Waals surface area contributed by atoms with Crippen LogP contribution < -0.4 is 15.8 Å². The third-order valence-corrected chi connectivity index (χ3v) is 4.46. The lowest BCUT2D eigenvalue weighted by Crippen LogP contribution is -2.49. The molecule has 0 saturated carbocycles. The van der Waals surface area contributed by atoms with Gasteiger partial charge in [-0.2, -0.15) is 8.78 Å². The molecule has 7 nitrogen and oxygen atoms in total. The number of rotatable bonds is 5. The van der Waals surface area contributed by atoms with Gasteiger partial charge in [-0.25, -0.2) is 18.8 Å². The molecule has 3 N–H and O–H groups in total. The molecule has 0 unspecified atom stereocenters. The fraction of sp³-hybridized carbons (Fsp3) is 0.211. The summed E-state index contributed by atoms with van der Waals surface area (Å²) in [6.07, 6.45) is 1.14. The minimum absolute atomic E-state index is 0.00480. The van der Waals surface area contributed by atoms with Gasteiger partial charge in [-0.15, -0.1) is 0 Å². The molecule has 2 aromatic rings. The van der Waals surface area contributed by atoms with Crippen molar-refractivity contribution in [1.29, 1.82) is 0 Å². The van der Waals surface area contributed by atoms with Crippen LogP contribution in [0.4, 0.5) is 23.2 Å². The lowest BCUT2D eigenvalue weighted by Gasteiger charge is -2.38. The largest absolute Gasteiger partial charge is 0.461 e. The summed E-state index contributed by atoms with van der Waals surface area (Å²) < 4.78 is 65.3. The molecule has 0 radical (unpaired) electrons. The quantitative estimate of drug-likeness (QED) is 0.716. The molecule has 1 amide bonds. The maximum Gasteiger partial charge on any atom is 0.332 e. The van der Waals surface area contributed by atoms with Crippen LogP contribution >= 0.6 is 0 Å². The standard InChI is InChI=1S/C19H16F4N4O3/c1-10-19(22,23)18(2,27-17(24)30-10)13-7-11(3-5-14(13)21)26-16(28)15-6-4-12(8-25-15)29-9-20/h3-8H,1,9H2,2H3,(H2,24,27)(H,26,28)/t18-/m1/s1. The zero-order valence-corrected chi connectivity index (χ0v) is 15.6. The number of ether oxygens (including phenoxy) is 2. The first-order valence-electron chi connectivity index (χ1n) is 8.45. The lowest BCUT2D eigenvalue weighted by molar-refractivity contribution is -0.0746. The summed E-state index contributed by atoms with van der Waals surface area (Å²) in [5, 5.41) is 2.42. The fourth-order valence-corrected chi connectivity index (χ4v) is 2.84. The molecular weight excluding hydrogens is 408 g/mol. The highest BCUT2D eigenvalue weighted by Crippen LogP contribution is 2.48. The lowest BCUT2D eigenvalue weighted by atomic mass is 9.84. The van der Waals surface area contributed by atoms with Crippen molar-refractivity contribution in [2.75, 3.05) is 12.2 Å². The van der Waals surface area contributed by atoms with Crippen molar-refractivity contribution < 1.29 is 31.8 Å². The SMILES string of the molecule is C=C1OC(N)=N[C@](C)(c2cc(NC(=O)c3ccc(OCF)cn3)ccc2F)C1(F)F. The second-order valence-electron chi connectivity index (χ2n) is 6.40. The Hall–Kier alpha value is -3.63. The second-order valence-corrected chi connectivity index (χ2v) is 6.40. The van der Waals surface area contributed by atoms with E-state index in [4.69, 9.17) is 5.73 Å². The van der Waals surface area contributed by atoms with E-state index in [1.807, 2.05) is 0 Å². The highest BCUT2D eigenvalue weighted by atomic mass is 19.3. The van der Waals surface area contributed by atoms with Crippen LogP contribution in [0.25, 0.3) is 0 Å². The molecule has 1 aliphatic heterocycles. The summed E-state index contributed by atoms with van der Waals surface area (Å²) in [5.41, 5.74) is 2.39. The van der Waals surface area contributed by atoms with Crippen LogP contribution in [-0.4, -0.2) is 29.7 Å². The van der Waals surface area contributed by atoms with Crippen molar-refractivity contribution in [3.63, 3.8) is 0 Å². The number of alkyl halides is 3. The third kappa shape index (κ3) is 3.65. The smallest absolute Gasteiger partial charge is 0.332 e. The van der Waals surface area contributed by atoms with Crippen molar-refractivity contribution in [3.05, 3.63) is 65.9 Å². The minimum atomic E-state index is -3.78. The molecule has 1 aromatic carbocycles. The van der Waals surface area contributed by atoms with Gasteiger partial charge in [0.1, 0.15) is 17.3 Å². The van der Waals surface area contributed by atoms with Gasteiger partial charge in [0.25, 0.3) is 11.9 Å². The summed E-state index contributed by atoms with van der Waals surface area (Å²) in [5.74, 6) is -6.36. The van der Waals surface area contributed by atoms with Gasteiger partial charge in [-0.3, -0.25) is 4.79 Å². The number of amidine groups is 1. The van der Waals surface area contributed by atoms with Crippen LogP contribution in [0.5, 0.6) is 5.75 Å². The number of hydrogen-bond acceptors (Lipinski definition) is 6. The van der Waals surface area contributed by atoms with Gasteiger partial charge in [-0.05, 0) is 37.3 Å². The first-order chi connectivity index (χ1) is 14.1. The summed E-state index contributed by atoms with van der Waals surface area (Å²) in [6.45, 7) is 3.05. The number of halogens is 4. The number of carbonyl (C=O) groups is 1. The zero-order valence-electron chi connectivity index (χ0n) is 15.6. The van der Waals surface area contributed by atoms with Crippen LogP contribution in [0, 0.1) is 5.82 Å². The first kappa shape index (κ1) is 21.1. The van der Waals surface area contributed by atoms with Crippen LogP contribution in [0.15, 0.2) is 53.9 Å². The number of aromatic nitrogens is 1. The number of aliphatic imine (C=N–C) groups is 1. The van der Waals surface area contributed by atoms with Gasteiger partial charge in [0, 0.05) is 11.3 Å². The van der Waals surface area contributed by atoms with E-state index in [0.29, 0.717) is 0 Å². The third-order valence-electron chi connectivity index (χ3n) is 4.46. The minimum Gasteiger partial charge on any atom is -0.461 e. The van der Waals surface area contributed by atoms with Crippen molar-refractivity contribution in [2.45, 2.75) is 18.4 Å². The Kier molecular flexibility index (Phi) is 5.38. The number of nitrogens with zero attached hydrogens (tertiary/aromatic N) is 2. The molecule has 0 fully saturated rings. The number of benzene rings is 1. The predicted molar refractivity (Wildman–Crippen MR) is 99.3 cm³/mol. The van der Waals surface area contributed by atoms with Gasteiger partial charge in [0.15, 0.2) is 11.3 Å². The molecule has 3 rings (SSSR count). The molecule has 2 heterocycles. The fourth-order valence-electron chi connectivity index (χ4n) is 2.84. The Labute approximate surface area is 168 Å². The van der Waals surface area contributed by atoms with Crippen LogP contribution in [0.2, 0.25) is 0 Å². The van der Waals surface area contributed by atoms with E-state index < -0.39 is 47.4 Å². The predicted octanol–water partition coefficient (Wildman–Crippen LogP) is 3.49. The van der Waals surface area contributed by atoms with E-state index in [0.717, 1.165) is 25.3 Å². The molecule has 0 spiro atoms. The van der Waals surface area contributed by atoms with E-state index in [-0.39, 0.29) is 17.1 Å². The maximum absolute atomic E-state index is 14.8. The first-order valence-corrected chi connectivity index (χ1v) is 8.45. The summed E-state index contributed by atoms with van der Waals surface area (Å²) in [7, 11) is 0. The molecule has 11 heteroatoms. The highest BCUT2D eigenvalue weighted by molar-refractivity contribution is 6.02. The van der Waals surface area contributed by atoms with E-state index >= 15 is 0 Å². The number of nitrogens with two attached hydrogens (primary N) is 1. The molecular formula is C19H16F4N4O3. The summed E-state index contributed by atoms with van der Waals surface area (Å²) in [4.78, 5) is 19.8. The Bertz CT molecular complexity index is 1030. The molecule has 1 aliphatic rings. The van der Waals surface area contributed by atoms with Crippen LogP contribution in [0.3, 0.4) is 0 Å². The van der Waals surface area contributed by atoms with Gasteiger partial charge < -0.3 is 20.5 Å². The Morgan fingerprint density at radius 3 is 2.70 bits per heavy atom. The van der Waals surface area contributed by atoms with Crippen molar-refractivity contribution in [1.82, 2.24) is 4.98 Å². The van der Waals surface area contributed by atoms with Crippen LogP contribution in [-0.2, 0) is 10.3 Å². The summed E-state index contributed by atoms with van der Waals surface area (Å²) >= 11 is 0. The monoisotopic (exact) mass is 424 g/mol. The van der Waals surface area contributed by atoms with Gasteiger partial charge in [0.05, 0.1) is 6.20 Å². The highest BCUT2D eigenvalue weighted by Gasteiger charge is 2.59. The number of anilines is 1. The average Bonchev–Trinajstić information content (AvgIpc) is 2.68. The number of pyridine rings is 1. The molecule has 0 bridgehead atoms. The zero-order chi connectivity index (χ0) is 22.1. The Morgan fingerprint density at radius 1 is 1.33 bits per heavy atom. The van der Waals surface area contributed by atoms with Gasteiger partial charge in [-0.1, -0.05) is 6.58 Å². The number of carbonyl (C=O) groups excluding carboxylic acids is 1. The summed E-state index contributed by atoms with van der Waals surface area (Å²) in [6, 6.07) is 5.10. The van der Waals surface area contributed by atoms with Gasteiger partial charge >= 0.3 is 5.92 Å². The van der Waals surface area contributed by atoms with Crippen molar-refractivity contribution >= 4 is 17.6 Å². The van der Waals surface area contributed by atoms with Crippen molar-refractivity contribution in [2.24, 2.45) is 10.7 Å². The van der Waals surface area contributed by atoms with E-state index in [1.165, 1.54) is 18.2 Å². The Morgan fingerprint density at radius 2 is 2.07 bits per heavy atom. The molecule has 158 valence electrons. The van der Waals surface area contributed by atoms with Crippen molar-refractivity contribution in [3.8, 4) is 5.75 Å². The topological polar surface area (TPSA) is 98.8 Å². The maximum atomic E-state index is 14.8. The molecule has 0 aliphatic carbocycles. The number of nitrogens with one attached hydrogen (secondary N) is 1. The number of hydrogen-bond donors (Lipinski definition) is 2. The average molecular weight is 424 g/mol. The van der Waals surface area contributed by atoms with Crippen LogP contribution in [0.1, 0.15) is 23.0 Å². The molecule has 1 atom stereocenters. The van der Waals surface area contributed by atoms with E-state index in [1.54, 1.807) is 0 Å². The Balaban J connectivity index is 1.93.